The van der Waals surface area contributed by atoms with Crippen molar-refractivity contribution in [3.8, 4) is 0 Å². The fourth-order valence-corrected chi connectivity index (χ4v) is 2.51. The highest BCUT2D eigenvalue weighted by atomic mass is 19.1. The van der Waals surface area contributed by atoms with Gasteiger partial charge in [-0.3, -0.25) is 0 Å². The van der Waals surface area contributed by atoms with Crippen LogP contribution in [0.1, 0.15) is 18.0 Å². The minimum Gasteiger partial charge on any atom is -0.344 e. The monoisotopic (exact) mass is 204 g/mol. The molecule has 15 heavy (non-hydrogen) atoms. The van der Waals surface area contributed by atoms with E-state index in [9.17, 15) is 4.39 Å². The van der Waals surface area contributed by atoms with Gasteiger partial charge in [-0.15, -0.1) is 0 Å². The molecule has 2 heterocycles. The Morgan fingerprint density at radius 3 is 3.07 bits per heavy atom. The van der Waals surface area contributed by atoms with Crippen LogP contribution in [0, 0.1) is 5.82 Å². The molecule has 0 spiro atoms. The highest BCUT2D eigenvalue weighted by Crippen LogP contribution is 2.33. The normalized spacial score (nSPS) is 19.7. The van der Waals surface area contributed by atoms with E-state index in [0.29, 0.717) is 12.5 Å². The van der Waals surface area contributed by atoms with Gasteiger partial charge in [0.1, 0.15) is 5.82 Å². The number of rotatable bonds is 1. The third kappa shape index (κ3) is 1.20. The summed E-state index contributed by atoms with van der Waals surface area (Å²) in [6, 6.07) is 7.09. The molecular formula is C12H13FN2. The standard InChI is InChI=1S/C12H13FN2/c13-10-2-1-8-5-11-9(7-14)3-4-15(11)12(8)6-10/h1-2,5-6,9H,3-4,7,14H2. The number of nitrogens with zero attached hydrogens (tertiary/aromatic N) is 1. The van der Waals surface area contributed by atoms with Gasteiger partial charge in [-0.1, -0.05) is 0 Å². The zero-order valence-corrected chi connectivity index (χ0v) is 8.41. The molecule has 0 aliphatic carbocycles. The molecule has 1 aromatic heterocycles. The highest BCUT2D eigenvalue weighted by Gasteiger charge is 2.23. The summed E-state index contributed by atoms with van der Waals surface area (Å²) in [6.45, 7) is 1.64. The van der Waals surface area contributed by atoms with Crippen LogP contribution in [0.3, 0.4) is 0 Å². The summed E-state index contributed by atoms with van der Waals surface area (Å²) < 4.78 is 15.3. The molecule has 1 aliphatic rings. The Kier molecular flexibility index (Phi) is 1.83. The van der Waals surface area contributed by atoms with E-state index in [2.05, 4.69) is 10.6 Å². The van der Waals surface area contributed by atoms with Crippen molar-refractivity contribution in [2.45, 2.75) is 18.9 Å². The number of fused-ring (bicyclic) bond motifs is 3. The molecule has 0 saturated heterocycles. The fraction of sp³-hybridized carbons (Fsp3) is 0.333. The zero-order valence-electron chi connectivity index (χ0n) is 8.41. The third-order valence-corrected chi connectivity index (χ3v) is 3.30. The van der Waals surface area contributed by atoms with Crippen LogP contribution in [0.15, 0.2) is 24.3 Å². The van der Waals surface area contributed by atoms with Crippen molar-refractivity contribution in [2.75, 3.05) is 6.54 Å². The van der Waals surface area contributed by atoms with Crippen molar-refractivity contribution in [3.63, 3.8) is 0 Å². The molecule has 1 unspecified atom stereocenters. The fourth-order valence-electron chi connectivity index (χ4n) is 2.51. The lowest BCUT2D eigenvalue weighted by molar-refractivity contribution is 0.627. The van der Waals surface area contributed by atoms with Crippen LogP contribution in [-0.2, 0) is 6.54 Å². The number of aromatic nitrogens is 1. The van der Waals surface area contributed by atoms with E-state index >= 15 is 0 Å². The number of hydrogen-bond acceptors (Lipinski definition) is 1. The number of aryl methyl sites for hydroxylation is 1. The summed E-state index contributed by atoms with van der Waals surface area (Å²) in [6.07, 6.45) is 1.08. The summed E-state index contributed by atoms with van der Waals surface area (Å²) in [5.41, 5.74) is 7.98. The Morgan fingerprint density at radius 1 is 1.40 bits per heavy atom. The minimum absolute atomic E-state index is 0.167. The molecule has 3 rings (SSSR count). The molecule has 0 bridgehead atoms. The molecule has 0 saturated carbocycles. The maximum Gasteiger partial charge on any atom is 0.125 e. The molecule has 2 N–H and O–H groups in total. The predicted molar refractivity (Wildman–Crippen MR) is 58.3 cm³/mol. The maximum atomic E-state index is 13.1. The van der Waals surface area contributed by atoms with Crippen LogP contribution in [0.2, 0.25) is 0 Å². The number of halogens is 1. The molecule has 0 radical (unpaired) electrons. The maximum absolute atomic E-state index is 13.1. The molecule has 0 amide bonds. The van der Waals surface area contributed by atoms with E-state index in [0.717, 1.165) is 23.9 Å². The summed E-state index contributed by atoms with van der Waals surface area (Å²) in [7, 11) is 0. The van der Waals surface area contributed by atoms with Gasteiger partial charge in [0.25, 0.3) is 0 Å². The Hall–Kier alpha value is -1.35. The van der Waals surface area contributed by atoms with Crippen LogP contribution in [0.25, 0.3) is 10.9 Å². The Labute approximate surface area is 87.5 Å². The lowest BCUT2D eigenvalue weighted by Gasteiger charge is -2.03. The van der Waals surface area contributed by atoms with Crippen molar-refractivity contribution in [2.24, 2.45) is 5.73 Å². The summed E-state index contributed by atoms with van der Waals surface area (Å²) in [5.74, 6) is 0.278. The van der Waals surface area contributed by atoms with Crippen LogP contribution in [0.4, 0.5) is 4.39 Å². The van der Waals surface area contributed by atoms with Gasteiger partial charge in [0.15, 0.2) is 0 Å². The smallest absolute Gasteiger partial charge is 0.125 e. The lowest BCUT2D eigenvalue weighted by Crippen LogP contribution is -2.08. The molecule has 1 aliphatic heterocycles. The molecule has 2 aromatic rings. The molecule has 1 aromatic carbocycles. The second-order valence-corrected chi connectivity index (χ2v) is 4.15. The minimum atomic E-state index is -0.167. The molecule has 2 nitrogen and oxygen atoms in total. The van der Waals surface area contributed by atoms with Gasteiger partial charge in [-0.2, -0.15) is 0 Å². The first-order chi connectivity index (χ1) is 7.29. The van der Waals surface area contributed by atoms with Gasteiger partial charge in [0, 0.05) is 30.1 Å². The van der Waals surface area contributed by atoms with Gasteiger partial charge in [0.2, 0.25) is 0 Å². The summed E-state index contributed by atoms with van der Waals surface area (Å²) in [5, 5.41) is 1.12. The van der Waals surface area contributed by atoms with Crippen molar-refractivity contribution in [1.82, 2.24) is 4.57 Å². The zero-order chi connectivity index (χ0) is 10.4. The van der Waals surface area contributed by atoms with E-state index in [1.54, 1.807) is 6.07 Å². The van der Waals surface area contributed by atoms with E-state index < -0.39 is 0 Å². The van der Waals surface area contributed by atoms with Gasteiger partial charge in [-0.25, -0.2) is 4.39 Å². The van der Waals surface area contributed by atoms with Gasteiger partial charge in [0.05, 0.1) is 5.52 Å². The average molecular weight is 204 g/mol. The van der Waals surface area contributed by atoms with Crippen LogP contribution in [-0.4, -0.2) is 11.1 Å². The van der Waals surface area contributed by atoms with Crippen LogP contribution >= 0.6 is 0 Å². The first-order valence-electron chi connectivity index (χ1n) is 5.28. The Bertz CT molecular complexity index is 516. The topological polar surface area (TPSA) is 30.9 Å². The van der Waals surface area contributed by atoms with Crippen LogP contribution < -0.4 is 5.73 Å². The predicted octanol–water partition coefficient (Wildman–Crippen LogP) is 2.23. The molecular weight excluding hydrogens is 191 g/mol. The molecule has 3 heteroatoms. The summed E-state index contributed by atoms with van der Waals surface area (Å²) >= 11 is 0. The summed E-state index contributed by atoms with van der Waals surface area (Å²) in [4.78, 5) is 0. The Balaban J connectivity index is 2.26. The van der Waals surface area contributed by atoms with Gasteiger partial charge in [-0.05, 0) is 30.7 Å². The first kappa shape index (κ1) is 8.92. The van der Waals surface area contributed by atoms with Gasteiger partial charge >= 0.3 is 0 Å². The number of hydrogen-bond donors (Lipinski definition) is 1. The molecule has 1 atom stereocenters. The van der Waals surface area contributed by atoms with Crippen molar-refractivity contribution in [3.05, 3.63) is 35.8 Å². The quantitative estimate of drug-likeness (QED) is 0.758. The lowest BCUT2D eigenvalue weighted by atomic mass is 10.0. The highest BCUT2D eigenvalue weighted by molar-refractivity contribution is 5.82. The number of nitrogens with two attached hydrogens (primary N) is 1. The third-order valence-electron chi connectivity index (χ3n) is 3.30. The second-order valence-electron chi connectivity index (χ2n) is 4.15. The SMILES string of the molecule is NCC1CCn2c1cc1ccc(F)cc12. The van der Waals surface area contributed by atoms with Crippen molar-refractivity contribution in [1.29, 1.82) is 0 Å². The average Bonchev–Trinajstić information content (AvgIpc) is 2.76. The van der Waals surface area contributed by atoms with E-state index in [4.69, 9.17) is 5.73 Å². The van der Waals surface area contributed by atoms with E-state index in [-0.39, 0.29) is 5.82 Å². The molecule has 78 valence electrons. The molecule has 0 fully saturated rings. The van der Waals surface area contributed by atoms with E-state index in [1.165, 1.54) is 11.8 Å². The van der Waals surface area contributed by atoms with Gasteiger partial charge < -0.3 is 10.3 Å². The first-order valence-corrected chi connectivity index (χ1v) is 5.28. The largest absolute Gasteiger partial charge is 0.344 e. The van der Waals surface area contributed by atoms with Crippen LogP contribution in [0.5, 0.6) is 0 Å². The van der Waals surface area contributed by atoms with Crippen molar-refractivity contribution < 1.29 is 4.39 Å². The van der Waals surface area contributed by atoms with Crippen molar-refractivity contribution >= 4 is 10.9 Å². The Morgan fingerprint density at radius 2 is 2.27 bits per heavy atom. The second kappa shape index (κ2) is 3.07. The number of benzene rings is 1. The van der Waals surface area contributed by atoms with E-state index in [1.807, 2.05) is 6.07 Å².